The maximum Gasteiger partial charge on any atom is 0.133 e. The molecule has 0 heterocycles. The van der Waals surface area contributed by atoms with Crippen LogP contribution in [0.1, 0.15) is 58.3 Å². The van der Waals surface area contributed by atoms with Crippen LogP contribution in [0.2, 0.25) is 0 Å². The lowest BCUT2D eigenvalue weighted by molar-refractivity contribution is 0.168. The van der Waals surface area contributed by atoms with Gasteiger partial charge in [0, 0.05) is 4.91 Å². The quantitative estimate of drug-likeness (QED) is 0.261. The average molecular weight is 199 g/mol. The lowest BCUT2D eigenvalue weighted by Crippen LogP contribution is -1.99. The van der Waals surface area contributed by atoms with Gasteiger partial charge in [-0.2, -0.15) is 0 Å². The Morgan fingerprint density at radius 1 is 1.14 bits per heavy atom. The Bertz CT molecular complexity index is 167. The molecule has 0 aromatic rings. The first-order valence-corrected chi connectivity index (χ1v) is 5.53. The van der Waals surface area contributed by atoms with E-state index in [9.17, 15) is 0 Å². The van der Waals surface area contributed by atoms with Gasteiger partial charge in [0.15, 0.2) is 0 Å². The molecule has 14 heavy (non-hydrogen) atoms. The summed E-state index contributed by atoms with van der Waals surface area (Å²) in [4.78, 5) is 2.55. The predicted octanol–water partition coefficient (Wildman–Crippen LogP) is 3.76. The van der Waals surface area contributed by atoms with Crippen molar-refractivity contribution in [1.82, 2.24) is 0 Å². The number of hydrogen-bond donors (Lipinski definition) is 1. The number of unbranched alkanes of at least 4 members (excludes halogenated alkanes) is 6. The zero-order valence-electron chi connectivity index (χ0n) is 9.02. The van der Waals surface area contributed by atoms with Gasteiger partial charge in [-0.3, -0.25) is 0 Å². The van der Waals surface area contributed by atoms with E-state index in [0.29, 0.717) is 6.42 Å². The normalized spacial score (nSPS) is 12.1. The van der Waals surface area contributed by atoms with E-state index < -0.39 is 6.23 Å². The molecule has 0 saturated carbocycles. The molecule has 82 valence electrons. The van der Waals surface area contributed by atoms with Gasteiger partial charge in [-0.25, -0.2) is 0 Å². The van der Waals surface area contributed by atoms with Crippen LogP contribution in [0.3, 0.4) is 0 Å². The van der Waals surface area contributed by atoms with Crippen molar-refractivity contribution in [2.45, 2.75) is 64.5 Å². The van der Waals surface area contributed by atoms with E-state index in [1.54, 1.807) is 0 Å². The Labute approximate surface area is 86.0 Å². The predicted molar refractivity (Wildman–Crippen MR) is 57.8 cm³/mol. The highest BCUT2D eigenvalue weighted by atomic mass is 16.3. The molecule has 1 atom stereocenters. The van der Waals surface area contributed by atoms with Crippen LogP contribution in [-0.4, -0.2) is 11.3 Å². The van der Waals surface area contributed by atoms with Crippen LogP contribution in [-0.2, 0) is 0 Å². The third-order valence-electron chi connectivity index (χ3n) is 2.25. The smallest absolute Gasteiger partial charge is 0.133 e. The van der Waals surface area contributed by atoms with Crippen LogP contribution in [0.4, 0.5) is 0 Å². The molecule has 0 aliphatic heterocycles. The van der Waals surface area contributed by atoms with Crippen LogP contribution >= 0.6 is 0 Å². The molecule has 0 spiro atoms. The highest BCUT2D eigenvalue weighted by molar-refractivity contribution is 4.54. The van der Waals surface area contributed by atoms with Crippen molar-refractivity contribution in [2.75, 3.05) is 0 Å². The molecule has 0 aliphatic rings. The van der Waals surface area contributed by atoms with E-state index in [-0.39, 0.29) is 0 Å². The molecular formula is C10H21N3O. The molecule has 0 aromatic carbocycles. The van der Waals surface area contributed by atoms with E-state index in [0.717, 1.165) is 12.8 Å². The Morgan fingerprint density at radius 2 is 1.71 bits per heavy atom. The second-order valence-electron chi connectivity index (χ2n) is 3.60. The molecule has 4 nitrogen and oxygen atoms in total. The zero-order chi connectivity index (χ0) is 10.6. The van der Waals surface area contributed by atoms with Crippen LogP contribution in [0, 0.1) is 0 Å². The number of hydrogen-bond acceptors (Lipinski definition) is 2. The van der Waals surface area contributed by atoms with Crippen molar-refractivity contribution in [2.24, 2.45) is 5.11 Å². The Morgan fingerprint density at radius 3 is 2.29 bits per heavy atom. The zero-order valence-corrected chi connectivity index (χ0v) is 9.02. The summed E-state index contributed by atoms with van der Waals surface area (Å²) in [6, 6.07) is 0. The van der Waals surface area contributed by atoms with Gasteiger partial charge in [0.2, 0.25) is 0 Å². The number of aliphatic hydroxyl groups is 1. The van der Waals surface area contributed by atoms with Crippen LogP contribution < -0.4 is 0 Å². The molecule has 1 unspecified atom stereocenters. The fourth-order valence-corrected chi connectivity index (χ4v) is 1.40. The maximum absolute atomic E-state index is 9.07. The number of nitrogens with zero attached hydrogens (tertiary/aromatic N) is 3. The molecule has 0 radical (unpaired) electrons. The highest BCUT2D eigenvalue weighted by Crippen LogP contribution is 2.09. The number of azide groups is 1. The monoisotopic (exact) mass is 199 g/mol. The van der Waals surface area contributed by atoms with Crippen LogP contribution in [0.15, 0.2) is 5.11 Å². The van der Waals surface area contributed by atoms with Gasteiger partial charge in [0.05, 0.1) is 0 Å². The SMILES string of the molecule is CCCCCCCCCC(O)N=[N+]=[N-]. The van der Waals surface area contributed by atoms with Crippen molar-refractivity contribution >= 4 is 0 Å². The minimum Gasteiger partial charge on any atom is -0.387 e. The molecule has 0 aliphatic carbocycles. The number of aliphatic hydroxyl groups excluding tert-OH is 1. The van der Waals surface area contributed by atoms with Crippen molar-refractivity contribution in [1.29, 1.82) is 0 Å². The fourth-order valence-electron chi connectivity index (χ4n) is 1.40. The van der Waals surface area contributed by atoms with Crippen molar-refractivity contribution < 1.29 is 5.11 Å². The molecule has 0 rings (SSSR count). The van der Waals surface area contributed by atoms with Gasteiger partial charge < -0.3 is 5.11 Å². The average Bonchev–Trinajstić information content (AvgIpc) is 2.17. The Hall–Kier alpha value is -0.730. The van der Waals surface area contributed by atoms with Crippen molar-refractivity contribution in [3.63, 3.8) is 0 Å². The van der Waals surface area contributed by atoms with Crippen molar-refractivity contribution in [3.8, 4) is 0 Å². The van der Waals surface area contributed by atoms with Gasteiger partial charge >= 0.3 is 0 Å². The van der Waals surface area contributed by atoms with E-state index in [1.165, 1.54) is 32.1 Å². The summed E-state index contributed by atoms with van der Waals surface area (Å²) in [5.74, 6) is 0. The molecular weight excluding hydrogens is 178 g/mol. The minimum absolute atomic E-state index is 0.595. The second kappa shape index (κ2) is 10.4. The number of rotatable bonds is 9. The van der Waals surface area contributed by atoms with Gasteiger partial charge in [-0.05, 0) is 12.0 Å². The molecule has 0 fully saturated rings. The van der Waals surface area contributed by atoms with Crippen LogP contribution in [0.25, 0.3) is 10.4 Å². The molecule has 4 heteroatoms. The van der Waals surface area contributed by atoms with E-state index in [4.69, 9.17) is 10.6 Å². The standard InChI is InChI=1S/C10H21N3O/c1-2-3-4-5-6-7-8-9-10(14)12-13-11/h10,14H,2-9H2,1H3. The molecule has 0 saturated heterocycles. The van der Waals surface area contributed by atoms with Gasteiger partial charge in [-0.15, -0.1) is 0 Å². The first-order valence-electron chi connectivity index (χ1n) is 5.53. The fraction of sp³-hybridized carbons (Fsp3) is 1.00. The summed E-state index contributed by atoms with van der Waals surface area (Å²) < 4.78 is 0. The van der Waals surface area contributed by atoms with E-state index in [2.05, 4.69) is 16.9 Å². The summed E-state index contributed by atoms with van der Waals surface area (Å²) in [5.41, 5.74) is 8.03. The molecule has 0 bridgehead atoms. The highest BCUT2D eigenvalue weighted by Gasteiger charge is 1.98. The molecule has 1 N–H and O–H groups in total. The molecule has 0 amide bonds. The van der Waals surface area contributed by atoms with Gasteiger partial charge in [-0.1, -0.05) is 57.0 Å². The lowest BCUT2D eigenvalue weighted by Gasteiger charge is -2.03. The van der Waals surface area contributed by atoms with Gasteiger partial charge in [0.25, 0.3) is 0 Å². The van der Waals surface area contributed by atoms with E-state index in [1.807, 2.05) is 0 Å². The Balaban J connectivity index is 3.09. The summed E-state index contributed by atoms with van der Waals surface area (Å²) >= 11 is 0. The second-order valence-corrected chi connectivity index (χ2v) is 3.60. The van der Waals surface area contributed by atoms with E-state index >= 15 is 0 Å². The summed E-state index contributed by atoms with van der Waals surface area (Å²) in [6.07, 6.45) is 8.27. The largest absolute Gasteiger partial charge is 0.387 e. The summed E-state index contributed by atoms with van der Waals surface area (Å²) in [5, 5.41) is 12.3. The van der Waals surface area contributed by atoms with Crippen molar-refractivity contribution in [3.05, 3.63) is 10.4 Å². The first-order chi connectivity index (χ1) is 6.81. The van der Waals surface area contributed by atoms with Gasteiger partial charge in [0.1, 0.15) is 6.23 Å². The lowest BCUT2D eigenvalue weighted by atomic mass is 10.1. The Kier molecular flexibility index (Phi) is 9.81. The maximum atomic E-state index is 9.07. The van der Waals surface area contributed by atoms with Crippen LogP contribution in [0.5, 0.6) is 0 Å². The summed E-state index contributed by atoms with van der Waals surface area (Å²) in [7, 11) is 0. The minimum atomic E-state index is -0.823. The summed E-state index contributed by atoms with van der Waals surface area (Å²) in [6.45, 7) is 2.20. The third kappa shape index (κ3) is 9.36. The third-order valence-corrected chi connectivity index (χ3v) is 2.25. The molecule has 0 aromatic heterocycles. The topological polar surface area (TPSA) is 69.0 Å². The first kappa shape index (κ1) is 13.3.